The van der Waals surface area contributed by atoms with Crippen molar-refractivity contribution in [3.63, 3.8) is 0 Å². The fraction of sp³-hybridized carbons (Fsp3) is 0.526. The summed E-state index contributed by atoms with van der Waals surface area (Å²) in [5.74, 6) is 0. The van der Waals surface area contributed by atoms with Gasteiger partial charge in [-0.1, -0.05) is 37.3 Å². The van der Waals surface area contributed by atoms with Crippen molar-refractivity contribution in [3.05, 3.63) is 54.1 Å². The van der Waals surface area contributed by atoms with Crippen molar-refractivity contribution in [2.75, 3.05) is 13.2 Å². The first-order chi connectivity index (χ1) is 11.7. The summed E-state index contributed by atoms with van der Waals surface area (Å²) in [6.07, 6.45) is 6.12. The van der Waals surface area contributed by atoms with Gasteiger partial charge in [0, 0.05) is 12.6 Å². The van der Waals surface area contributed by atoms with Crippen LogP contribution in [0, 0.1) is 0 Å². The number of hydrogen-bond donors (Lipinski definition) is 2. The van der Waals surface area contributed by atoms with Gasteiger partial charge in [-0.25, -0.2) is 4.98 Å². The molecule has 1 fully saturated rings. The molecule has 1 heterocycles. The fourth-order valence-electron chi connectivity index (χ4n) is 3.53. The normalized spacial score (nSPS) is 23.7. The van der Waals surface area contributed by atoms with E-state index in [1.807, 2.05) is 22.8 Å². The van der Waals surface area contributed by atoms with E-state index in [9.17, 15) is 5.11 Å². The highest BCUT2D eigenvalue weighted by Crippen LogP contribution is 2.38. The van der Waals surface area contributed by atoms with Crippen molar-refractivity contribution in [2.24, 2.45) is 0 Å². The predicted octanol–water partition coefficient (Wildman–Crippen LogP) is 2.45. The third-order valence-corrected chi connectivity index (χ3v) is 4.76. The Balaban J connectivity index is 1.54. The Kier molecular flexibility index (Phi) is 5.66. The lowest BCUT2D eigenvalue weighted by atomic mass is 9.98. The van der Waals surface area contributed by atoms with Crippen molar-refractivity contribution in [1.29, 1.82) is 0 Å². The van der Waals surface area contributed by atoms with Gasteiger partial charge in [0.25, 0.3) is 0 Å². The van der Waals surface area contributed by atoms with Crippen molar-refractivity contribution in [2.45, 2.75) is 51.0 Å². The molecule has 0 spiro atoms. The molecule has 1 aliphatic carbocycles. The summed E-state index contributed by atoms with van der Waals surface area (Å²) >= 11 is 0. The van der Waals surface area contributed by atoms with Gasteiger partial charge in [-0.15, -0.1) is 0 Å². The van der Waals surface area contributed by atoms with Crippen molar-refractivity contribution in [1.82, 2.24) is 14.9 Å². The zero-order chi connectivity index (χ0) is 16.8. The molecular formula is C19H27N3O2. The summed E-state index contributed by atoms with van der Waals surface area (Å²) in [5.41, 5.74) is 1.31. The summed E-state index contributed by atoms with van der Waals surface area (Å²) < 4.78 is 7.79. The van der Waals surface area contributed by atoms with Crippen LogP contribution in [-0.4, -0.2) is 33.9 Å². The summed E-state index contributed by atoms with van der Waals surface area (Å²) in [6, 6.07) is 10.5. The van der Waals surface area contributed by atoms with Crippen molar-refractivity contribution in [3.8, 4) is 0 Å². The fourth-order valence-corrected chi connectivity index (χ4v) is 3.53. The third-order valence-electron chi connectivity index (χ3n) is 4.76. The Bertz CT molecular complexity index is 629. The van der Waals surface area contributed by atoms with Crippen LogP contribution < -0.4 is 5.32 Å². The van der Waals surface area contributed by atoms with Gasteiger partial charge in [-0.2, -0.15) is 0 Å². The number of aromatic nitrogens is 2. The molecule has 2 aromatic rings. The van der Waals surface area contributed by atoms with E-state index in [1.54, 1.807) is 12.5 Å². The van der Waals surface area contributed by atoms with E-state index in [1.165, 1.54) is 5.56 Å². The van der Waals surface area contributed by atoms with Crippen LogP contribution in [0.2, 0.25) is 0 Å². The van der Waals surface area contributed by atoms with Gasteiger partial charge >= 0.3 is 0 Å². The second-order valence-corrected chi connectivity index (χ2v) is 6.54. The molecule has 0 saturated heterocycles. The highest BCUT2D eigenvalue weighted by Gasteiger charge is 2.40. The van der Waals surface area contributed by atoms with Crippen LogP contribution in [0.15, 0.2) is 42.9 Å². The van der Waals surface area contributed by atoms with Crippen LogP contribution in [0.4, 0.5) is 0 Å². The van der Waals surface area contributed by atoms with Gasteiger partial charge in [0.05, 0.1) is 31.4 Å². The monoisotopic (exact) mass is 329 g/mol. The molecule has 1 saturated carbocycles. The summed E-state index contributed by atoms with van der Waals surface area (Å²) in [7, 11) is 0. The van der Waals surface area contributed by atoms with E-state index in [-0.39, 0.29) is 0 Å². The molecule has 0 amide bonds. The lowest BCUT2D eigenvalue weighted by molar-refractivity contribution is 0.0313. The molecule has 2 unspecified atom stereocenters. The molecule has 1 aromatic heterocycles. The zero-order valence-electron chi connectivity index (χ0n) is 14.3. The van der Waals surface area contributed by atoms with Crippen LogP contribution in [0.5, 0.6) is 0 Å². The average molecular weight is 329 g/mol. The Hall–Kier alpha value is -1.69. The van der Waals surface area contributed by atoms with E-state index in [0.29, 0.717) is 25.8 Å². The highest BCUT2D eigenvalue weighted by molar-refractivity contribution is 5.15. The number of ether oxygens (including phenoxy) is 1. The van der Waals surface area contributed by atoms with Crippen LogP contribution in [-0.2, 0) is 23.5 Å². The van der Waals surface area contributed by atoms with Gasteiger partial charge in [0.2, 0.25) is 0 Å². The zero-order valence-corrected chi connectivity index (χ0v) is 14.3. The summed E-state index contributed by atoms with van der Waals surface area (Å²) in [6.45, 7) is 4.96. The maximum atomic E-state index is 11.0. The van der Waals surface area contributed by atoms with Crippen LogP contribution in [0.1, 0.15) is 37.4 Å². The molecule has 0 bridgehead atoms. The smallest absolute Gasteiger partial charge is 0.108 e. The second kappa shape index (κ2) is 7.92. The Morgan fingerprint density at radius 3 is 3.00 bits per heavy atom. The van der Waals surface area contributed by atoms with E-state index >= 15 is 0 Å². The lowest BCUT2D eigenvalue weighted by Crippen LogP contribution is -2.31. The first-order valence-corrected chi connectivity index (χ1v) is 8.79. The quantitative estimate of drug-likeness (QED) is 0.731. The van der Waals surface area contributed by atoms with Gasteiger partial charge in [0.1, 0.15) is 5.60 Å². The maximum absolute atomic E-state index is 11.0. The number of nitrogens with one attached hydrogen (secondary N) is 1. The SMILES string of the molecule is CCNC1CCC(O)(c2cncn2CCOCc2ccccc2)C1. The summed E-state index contributed by atoms with van der Waals surface area (Å²) in [5, 5.41) is 14.5. The molecular weight excluding hydrogens is 302 g/mol. The highest BCUT2D eigenvalue weighted by atomic mass is 16.5. The van der Waals surface area contributed by atoms with Gasteiger partial charge < -0.3 is 19.7 Å². The molecule has 24 heavy (non-hydrogen) atoms. The predicted molar refractivity (Wildman–Crippen MR) is 93.5 cm³/mol. The molecule has 0 aliphatic heterocycles. The molecule has 2 atom stereocenters. The topological polar surface area (TPSA) is 59.3 Å². The first kappa shape index (κ1) is 17.1. The van der Waals surface area contributed by atoms with Crippen molar-refractivity contribution >= 4 is 0 Å². The van der Waals surface area contributed by atoms with Crippen molar-refractivity contribution < 1.29 is 9.84 Å². The maximum Gasteiger partial charge on any atom is 0.108 e. The average Bonchev–Trinajstić information content (AvgIpc) is 3.21. The molecule has 0 radical (unpaired) electrons. The minimum Gasteiger partial charge on any atom is -0.384 e. The molecule has 1 aliphatic rings. The van der Waals surface area contributed by atoms with Gasteiger partial charge in [-0.05, 0) is 31.4 Å². The molecule has 5 heteroatoms. The second-order valence-electron chi connectivity index (χ2n) is 6.54. The number of rotatable bonds is 8. The first-order valence-electron chi connectivity index (χ1n) is 8.79. The number of hydrogen-bond acceptors (Lipinski definition) is 4. The largest absolute Gasteiger partial charge is 0.384 e. The van der Waals surface area contributed by atoms with Gasteiger partial charge in [-0.3, -0.25) is 0 Å². The van der Waals surface area contributed by atoms with Crippen LogP contribution >= 0.6 is 0 Å². The van der Waals surface area contributed by atoms with E-state index in [2.05, 4.69) is 29.4 Å². The lowest BCUT2D eigenvalue weighted by Gasteiger charge is -2.24. The van der Waals surface area contributed by atoms with Crippen LogP contribution in [0.25, 0.3) is 0 Å². The Morgan fingerprint density at radius 1 is 1.38 bits per heavy atom. The molecule has 130 valence electrons. The minimum absolute atomic E-state index is 0.387. The molecule has 1 aromatic carbocycles. The molecule has 2 N–H and O–H groups in total. The standard InChI is InChI=1S/C19H27N3O2/c1-2-21-17-8-9-19(23,12-17)18-13-20-15-22(18)10-11-24-14-16-6-4-3-5-7-16/h3-7,13,15,17,21,23H,2,8-12,14H2,1H3. The molecule has 3 rings (SSSR count). The Morgan fingerprint density at radius 2 is 2.21 bits per heavy atom. The van der Waals surface area contributed by atoms with E-state index in [0.717, 1.165) is 31.5 Å². The number of benzene rings is 1. The summed E-state index contributed by atoms with van der Waals surface area (Å²) in [4.78, 5) is 4.25. The number of nitrogens with zero attached hydrogens (tertiary/aromatic N) is 2. The Labute approximate surface area is 143 Å². The molecule has 5 nitrogen and oxygen atoms in total. The van der Waals surface area contributed by atoms with Crippen LogP contribution in [0.3, 0.4) is 0 Å². The minimum atomic E-state index is -0.775. The number of aliphatic hydroxyl groups is 1. The third kappa shape index (κ3) is 4.04. The van der Waals surface area contributed by atoms with E-state index < -0.39 is 5.60 Å². The van der Waals surface area contributed by atoms with E-state index in [4.69, 9.17) is 4.74 Å². The van der Waals surface area contributed by atoms with Gasteiger partial charge in [0.15, 0.2) is 0 Å². The number of imidazole rings is 1.